The van der Waals surface area contributed by atoms with E-state index < -0.39 is 0 Å². The van der Waals surface area contributed by atoms with E-state index in [1.807, 2.05) is 25.2 Å². The van der Waals surface area contributed by atoms with Crippen molar-refractivity contribution in [3.05, 3.63) is 18.2 Å². The van der Waals surface area contributed by atoms with Gasteiger partial charge < -0.3 is 15.4 Å². The van der Waals surface area contributed by atoms with Gasteiger partial charge in [-0.3, -0.25) is 0 Å². The van der Waals surface area contributed by atoms with E-state index in [1.54, 1.807) is 7.11 Å². The molecule has 0 unspecified atom stereocenters. The van der Waals surface area contributed by atoms with Crippen LogP contribution >= 0.6 is 0 Å². The first-order chi connectivity index (χ1) is 6.31. The van der Waals surface area contributed by atoms with Gasteiger partial charge >= 0.3 is 0 Å². The number of benzene rings is 1. The second-order valence-corrected chi connectivity index (χ2v) is 2.69. The summed E-state index contributed by atoms with van der Waals surface area (Å²) in [7, 11) is 3.58. The molecule has 2 N–H and O–H groups in total. The van der Waals surface area contributed by atoms with Crippen molar-refractivity contribution < 1.29 is 4.74 Å². The number of hydrogen-bond acceptors (Lipinski definition) is 3. The van der Waals surface area contributed by atoms with Crippen LogP contribution in [0.15, 0.2) is 18.2 Å². The van der Waals surface area contributed by atoms with Crippen LogP contribution in [0, 0.1) is 0 Å². The van der Waals surface area contributed by atoms with E-state index in [1.165, 1.54) is 0 Å². The van der Waals surface area contributed by atoms with Crippen LogP contribution in [-0.2, 0) is 0 Å². The summed E-state index contributed by atoms with van der Waals surface area (Å²) in [5.41, 5.74) is 2.16. The lowest BCUT2D eigenvalue weighted by Gasteiger charge is -2.11. The molecule has 72 valence electrons. The number of hydrogen-bond donors (Lipinski definition) is 2. The lowest BCUT2D eigenvalue weighted by atomic mass is 10.2. The number of nitrogens with one attached hydrogen (secondary N) is 2. The van der Waals surface area contributed by atoms with Crippen molar-refractivity contribution in [3.8, 4) is 5.75 Å². The maximum atomic E-state index is 5.13. The Labute approximate surface area is 79.1 Å². The average molecular weight is 180 g/mol. The molecule has 0 amide bonds. The molecule has 0 fully saturated rings. The Hall–Kier alpha value is -1.38. The lowest BCUT2D eigenvalue weighted by Crippen LogP contribution is -2.01. The zero-order valence-electron chi connectivity index (χ0n) is 8.35. The molecule has 0 aromatic heterocycles. The average Bonchev–Trinajstić information content (AvgIpc) is 2.18. The van der Waals surface area contributed by atoms with Crippen LogP contribution < -0.4 is 15.4 Å². The SMILES string of the molecule is CCNc1cc(OC)ccc1NC. The molecule has 0 heterocycles. The monoisotopic (exact) mass is 180 g/mol. The summed E-state index contributed by atoms with van der Waals surface area (Å²) in [5, 5.41) is 6.37. The van der Waals surface area contributed by atoms with Crippen molar-refractivity contribution in [1.82, 2.24) is 0 Å². The quantitative estimate of drug-likeness (QED) is 0.745. The predicted octanol–water partition coefficient (Wildman–Crippen LogP) is 2.17. The van der Waals surface area contributed by atoms with Gasteiger partial charge in [0.05, 0.1) is 18.5 Å². The van der Waals surface area contributed by atoms with Crippen molar-refractivity contribution in [3.63, 3.8) is 0 Å². The highest BCUT2D eigenvalue weighted by molar-refractivity contribution is 5.70. The van der Waals surface area contributed by atoms with Crippen molar-refractivity contribution in [2.24, 2.45) is 0 Å². The molecule has 0 spiro atoms. The van der Waals surface area contributed by atoms with Gasteiger partial charge in [0.1, 0.15) is 5.75 Å². The van der Waals surface area contributed by atoms with Gasteiger partial charge in [-0.1, -0.05) is 0 Å². The minimum absolute atomic E-state index is 0.870. The second kappa shape index (κ2) is 4.60. The van der Waals surface area contributed by atoms with Gasteiger partial charge in [-0.15, -0.1) is 0 Å². The molecule has 1 aromatic carbocycles. The van der Waals surface area contributed by atoms with Crippen molar-refractivity contribution in [1.29, 1.82) is 0 Å². The number of anilines is 2. The van der Waals surface area contributed by atoms with E-state index in [9.17, 15) is 0 Å². The standard InChI is InChI=1S/C10H16N2O/c1-4-12-10-7-8(13-3)5-6-9(10)11-2/h5-7,11-12H,4H2,1-3H3. The maximum absolute atomic E-state index is 5.13. The minimum Gasteiger partial charge on any atom is -0.497 e. The van der Waals surface area contributed by atoms with E-state index in [-0.39, 0.29) is 0 Å². The van der Waals surface area contributed by atoms with Crippen LogP contribution in [0.25, 0.3) is 0 Å². The molecular formula is C10H16N2O. The third kappa shape index (κ3) is 2.28. The summed E-state index contributed by atoms with van der Waals surface area (Å²) >= 11 is 0. The summed E-state index contributed by atoms with van der Waals surface area (Å²) in [5.74, 6) is 0.870. The van der Waals surface area contributed by atoms with E-state index in [2.05, 4.69) is 17.6 Å². The molecule has 3 heteroatoms. The molecule has 1 rings (SSSR count). The zero-order chi connectivity index (χ0) is 9.68. The fraction of sp³-hybridized carbons (Fsp3) is 0.400. The first kappa shape index (κ1) is 9.71. The van der Waals surface area contributed by atoms with Crippen LogP contribution in [0.2, 0.25) is 0 Å². The molecule has 0 atom stereocenters. The second-order valence-electron chi connectivity index (χ2n) is 2.69. The molecule has 3 nitrogen and oxygen atoms in total. The largest absolute Gasteiger partial charge is 0.497 e. The van der Waals surface area contributed by atoms with Gasteiger partial charge in [0.15, 0.2) is 0 Å². The fourth-order valence-corrected chi connectivity index (χ4v) is 1.21. The summed E-state index contributed by atoms with van der Waals surface area (Å²) in [6.07, 6.45) is 0. The van der Waals surface area contributed by atoms with E-state index in [0.29, 0.717) is 0 Å². The van der Waals surface area contributed by atoms with Gasteiger partial charge in [0.2, 0.25) is 0 Å². The van der Waals surface area contributed by atoms with Crippen LogP contribution in [0.1, 0.15) is 6.92 Å². The normalized spacial score (nSPS) is 9.46. The molecule has 13 heavy (non-hydrogen) atoms. The van der Waals surface area contributed by atoms with Crippen molar-refractivity contribution in [2.45, 2.75) is 6.92 Å². The third-order valence-electron chi connectivity index (χ3n) is 1.86. The van der Waals surface area contributed by atoms with Gasteiger partial charge in [-0.25, -0.2) is 0 Å². The van der Waals surface area contributed by atoms with Gasteiger partial charge in [-0.2, -0.15) is 0 Å². The lowest BCUT2D eigenvalue weighted by molar-refractivity contribution is 0.415. The summed E-state index contributed by atoms with van der Waals surface area (Å²) in [4.78, 5) is 0. The number of rotatable bonds is 4. The molecule has 0 aliphatic carbocycles. The number of methoxy groups -OCH3 is 1. The molecule has 1 aromatic rings. The molecule has 0 aliphatic rings. The summed E-state index contributed by atoms with van der Waals surface area (Å²) in [6, 6.07) is 5.92. The van der Waals surface area contributed by atoms with Gasteiger partial charge in [0, 0.05) is 19.7 Å². The summed E-state index contributed by atoms with van der Waals surface area (Å²) < 4.78 is 5.13. The predicted molar refractivity (Wildman–Crippen MR) is 56.7 cm³/mol. The Morgan fingerprint density at radius 1 is 1.31 bits per heavy atom. The Kier molecular flexibility index (Phi) is 3.43. The Balaban J connectivity index is 2.95. The highest BCUT2D eigenvalue weighted by Crippen LogP contribution is 2.26. The third-order valence-corrected chi connectivity index (χ3v) is 1.86. The minimum atomic E-state index is 0.870. The maximum Gasteiger partial charge on any atom is 0.121 e. The smallest absolute Gasteiger partial charge is 0.121 e. The molecule has 0 aliphatic heterocycles. The molecule has 0 saturated carbocycles. The van der Waals surface area contributed by atoms with Crippen molar-refractivity contribution in [2.75, 3.05) is 31.3 Å². The zero-order valence-corrected chi connectivity index (χ0v) is 8.35. The summed E-state index contributed by atoms with van der Waals surface area (Å²) in [6.45, 7) is 2.97. The van der Waals surface area contributed by atoms with Crippen LogP contribution in [0.4, 0.5) is 11.4 Å². The van der Waals surface area contributed by atoms with Crippen LogP contribution in [0.5, 0.6) is 5.75 Å². The van der Waals surface area contributed by atoms with E-state index >= 15 is 0 Å². The van der Waals surface area contributed by atoms with Gasteiger partial charge in [-0.05, 0) is 19.1 Å². The Morgan fingerprint density at radius 2 is 2.08 bits per heavy atom. The first-order valence-corrected chi connectivity index (χ1v) is 4.41. The number of ether oxygens (including phenoxy) is 1. The van der Waals surface area contributed by atoms with E-state index in [4.69, 9.17) is 4.74 Å². The first-order valence-electron chi connectivity index (χ1n) is 4.41. The molecule has 0 bridgehead atoms. The van der Waals surface area contributed by atoms with Crippen LogP contribution in [0.3, 0.4) is 0 Å². The highest BCUT2D eigenvalue weighted by Gasteiger charge is 2.00. The highest BCUT2D eigenvalue weighted by atomic mass is 16.5. The van der Waals surface area contributed by atoms with Gasteiger partial charge in [0.25, 0.3) is 0 Å². The fourth-order valence-electron chi connectivity index (χ4n) is 1.21. The Morgan fingerprint density at radius 3 is 2.62 bits per heavy atom. The topological polar surface area (TPSA) is 33.3 Å². The van der Waals surface area contributed by atoms with Crippen molar-refractivity contribution >= 4 is 11.4 Å². The van der Waals surface area contributed by atoms with E-state index in [0.717, 1.165) is 23.7 Å². The van der Waals surface area contributed by atoms with Crippen LogP contribution in [-0.4, -0.2) is 20.7 Å². The molecule has 0 saturated heterocycles. The molecular weight excluding hydrogens is 164 g/mol. The Bertz CT molecular complexity index is 274. The molecule has 0 radical (unpaired) electrons.